The summed E-state index contributed by atoms with van der Waals surface area (Å²) in [6.07, 6.45) is 0.842. The van der Waals surface area contributed by atoms with Gasteiger partial charge in [0.25, 0.3) is 0 Å². The fraction of sp³-hybridized carbons (Fsp3) is 0.571. The molecule has 0 bridgehead atoms. The van der Waals surface area contributed by atoms with E-state index in [4.69, 9.17) is 0 Å². The molecule has 1 aliphatic heterocycles. The second kappa shape index (κ2) is 6.18. The Labute approximate surface area is 127 Å². The van der Waals surface area contributed by atoms with Gasteiger partial charge in [-0.3, -0.25) is 9.59 Å². The average molecular weight is 312 g/mol. The molecule has 20 heavy (non-hydrogen) atoms. The van der Waals surface area contributed by atoms with Crippen molar-refractivity contribution >= 4 is 34.9 Å². The molecule has 1 aliphatic rings. The van der Waals surface area contributed by atoms with Crippen LogP contribution in [0, 0.1) is 6.92 Å². The van der Waals surface area contributed by atoms with Gasteiger partial charge in [-0.1, -0.05) is 0 Å². The van der Waals surface area contributed by atoms with Gasteiger partial charge in [-0.15, -0.1) is 23.1 Å². The van der Waals surface area contributed by atoms with Crippen molar-refractivity contribution in [2.75, 3.05) is 12.3 Å². The molecule has 0 unspecified atom stereocenters. The third-order valence-corrected chi connectivity index (χ3v) is 5.89. The molecule has 6 heteroatoms. The summed E-state index contributed by atoms with van der Waals surface area (Å²) in [5.74, 6) is 0.473. The minimum absolute atomic E-state index is 0.0667. The number of nitrogens with one attached hydrogen (secondary N) is 2. The van der Waals surface area contributed by atoms with E-state index in [0.29, 0.717) is 12.3 Å². The topological polar surface area (TPSA) is 58.2 Å². The monoisotopic (exact) mass is 312 g/mol. The van der Waals surface area contributed by atoms with Gasteiger partial charge >= 0.3 is 0 Å². The zero-order valence-corrected chi connectivity index (χ0v) is 13.6. The van der Waals surface area contributed by atoms with Gasteiger partial charge < -0.3 is 10.6 Å². The molecule has 2 amide bonds. The van der Waals surface area contributed by atoms with E-state index in [2.05, 4.69) is 29.0 Å². The molecule has 0 aliphatic carbocycles. The molecule has 2 heterocycles. The number of rotatable bonds is 4. The lowest BCUT2D eigenvalue weighted by atomic mass is 10.1. The molecular formula is C14H20N2O2S2. The highest BCUT2D eigenvalue weighted by Gasteiger charge is 2.37. The van der Waals surface area contributed by atoms with Crippen molar-refractivity contribution in [1.29, 1.82) is 0 Å². The van der Waals surface area contributed by atoms with Crippen molar-refractivity contribution in [1.82, 2.24) is 10.6 Å². The minimum atomic E-state index is -0.440. The van der Waals surface area contributed by atoms with Gasteiger partial charge in [-0.25, -0.2) is 0 Å². The molecule has 110 valence electrons. The van der Waals surface area contributed by atoms with Crippen LogP contribution >= 0.6 is 23.1 Å². The third-order valence-electron chi connectivity index (χ3n) is 3.40. The molecule has 1 atom stereocenters. The molecule has 0 aromatic carbocycles. The first-order valence-corrected chi connectivity index (χ1v) is 8.52. The van der Waals surface area contributed by atoms with Gasteiger partial charge in [-0.2, -0.15) is 0 Å². The van der Waals surface area contributed by atoms with Crippen molar-refractivity contribution < 1.29 is 9.59 Å². The quantitative estimate of drug-likeness (QED) is 0.890. The van der Waals surface area contributed by atoms with Crippen LogP contribution in [0.25, 0.3) is 0 Å². The van der Waals surface area contributed by atoms with Gasteiger partial charge in [0.15, 0.2) is 0 Å². The zero-order valence-electron chi connectivity index (χ0n) is 12.0. The van der Waals surface area contributed by atoms with Crippen LogP contribution in [0.2, 0.25) is 0 Å². The first-order valence-electron chi connectivity index (χ1n) is 6.66. The van der Waals surface area contributed by atoms with E-state index in [1.165, 1.54) is 22.2 Å². The Balaban J connectivity index is 1.78. The van der Waals surface area contributed by atoms with Crippen LogP contribution in [0.15, 0.2) is 11.4 Å². The highest BCUT2D eigenvalue weighted by molar-refractivity contribution is 8.01. The maximum atomic E-state index is 12.0. The molecule has 1 aromatic heterocycles. The summed E-state index contributed by atoms with van der Waals surface area (Å²) < 4.78 is -0.440. The molecule has 0 radical (unpaired) electrons. The predicted octanol–water partition coefficient (Wildman–Crippen LogP) is 1.73. The van der Waals surface area contributed by atoms with Gasteiger partial charge in [0.2, 0.25) is 11.8 Å². The lowest BCUT2D eigenvalue weighted by molar-refractivity contribution is -0.129. The Morgan fingerprint density at radius 3 is 2.90 bits per heavy atom. The predicted molar refractivity (Wildman–Crippen MR) is 84.2 cm³/mol. The second-order valence-electron chi connectivity index (χ2n) is 5.42. The Hall–Kier alpha value is -1.01. The average Bonchev–Trinajstić information content (AvgIpc) is 2.78. The normalized spacial score (nSPS) is 21.4. The third kappa shape index (κ3) is 3.55. The van der Waals surface area contributed by atoms with Crippen LogP contribution in [0.4, 0.5) is 0 Å². The number of amides is 2. The van der Waals surface area contributed by atoms with E-state index >= 15 is 0 Å². The number of carbonyl (C=O) groups is 2. The van der Waals surface area contributed by atoms with Gasteiger partial charge in [0, 0.05) is 17.2 Å². The Kier molecular flexibility index (Phi) is 4.75. The molecule has 0 saturated carbocycles. The SMILES string of the molecule is Cc1ccsc1CCNC(=O)[C@@H]1CSC(C)(C)C(=O)N1. The molecule has 1 fully saturated rings. The molecule has 0 spiro atoms. The standard InChI is InChI=1S/C14H20N2O2S2/c1-9-5-7-19-11(9)4-6-15-12(17)10-8-20-14(2,3)13(18)16-10/h5,7,10H,4,6,8H2,1-3H3,(H,15,17)(H,16,18)/t10-/m0/s1. The summed E-state index contributed by atoms with van der Waals surface area (Å²) in [4.78, 5) is 25.2. The number of hydrogen-bond acceptors (Lipinski definition) is 4. The van der Waals surface area contributed by atoms with E-state index in [-0.39, 0.29) is 11.8 Å². The van der Waals surface area contributed by atoms with Crippen LogP contribution in [-0.4, -0.2) is 34.9 Å². The summed E-state index contributed by atoms with van der Waals surface area (Å²) in [5.41, 5.74) is 1.27. The lowest BCUT2D eigenvalue weighted by Gasteiger charge is -2.32. The van der Waals surface area contributed by atoms with Crippen molar-refractivity contribution in [2.24, 2.45) is 0 Å². The zero-order chi connectivity index (χ0) is 14.8. The van der Waals surface area contributed by atoms with Crippen molar-refractivity contribution in [3.63, 3.8) is 0 Å². The van der Waals surface area contributed by atoms with Gasteiger partial charge in [-0.05, 0) is 44.2 Å². The van der Waals surface area contributed by atoms with Crippen LogP contribution in [0.5, 0.6) is 0 Å². The highest BCUT2D eigenvalue weighted by Crippen LogP contribution is 2.28. The van der Waals surface area contributed by atoms with Gasteiger partial charge in [0.1, 0.15) is 6.04 Å². The van der Waals surface area contributed by atoms with Crippen molar-refractivity contribution in [3.05, 3.63) is 21.9 Å². The maximum absolute atomic E-state index is 12.0. The van der Waals surface area contributed by atoms with Crippen LogP contribution in [0.1, 0.15) is 24.3 Å². The second-order valence-corrected chi connectivity index (χ2v) is 8.06. The van der Waals surface area contributed by atoms with E-state index in [1.54, 1.807) is 11.3 Å². The lowest BCUT2D eigenvalue weighted by Crippen LogP contribution is -2.57. The van der Waals surface area contributed by atoms with Crippen LogP contribution in [0.3, 0.4) is 0 Å². The number of thiophene rings is 1. The van der Waals surface area contributed by atoms with E-state index in [1.807, 2.05) is 13.8 Å². The van der Waals surface area contributed by atoms with E-state index in [0.717, 1.165) is 6.42 Å². The van der Waals surface area contributed by atoms with E-state index < -0.39 is 10.8 Å². The largest absolute Gasteiger partial charge is 0.354 e. The molecular weight excluding hydrogens is 292 g/mol. The fourth-order valence-electron chi connectivity index (χ4n) is 1.95. The number of hydrogen-bond donors (Lipinski definition) is 2. The van der Waals surface area contributed by atoms with Crippen LogP contribution < -0.4 is 10.6 Å². The maximum Gasteiger partial charge on any atom is 0.243 e. The molecule has 1 saturated heterocycles. The number of thioether (sulfide) groups is 1. The first kappa shape index (κ1) is 15.4. The summed E-state index contributed by atoms with van der Waals surface area (Å²) in [5, 5.41) is 7.76. The summed E-state index contributed by atoms with van der Waals surface area (Å²) in [6, 6.07) is 1.67. The molecule has 2 N–H and O–H groups in total. The van der Waals surface area contributed by atoms with Crippen LogP contribution in [-0.2, 0) is 16.0 Å². The van der Waals surface area contributed by atoms with Crippen molar-refractivity contribution in [2.45, 2.75) is 38.0 Å². The summed E-state index contributed by atoms with van der Waals surface area (Å²) >= 11 is 3.24. The fourth-order valence-corrected chi connectivity index (χ4v) is 3.87. The number of carbonyl (C=O) groups excluding carboxylic acids is 2. The number of aryl methyl sites for hydroxylation is 1. The van der Waals surface area contributed by atoms with Gasteiger partial charge in [0.05, 0.1) is 4.75 Å². The first-order chi connectivity index (χ1) is 9.40. The highest BCUT2D eigenvalue weighted by atomic mass is 32.2. The molecule has 4 nitrogen and oxygen atoms in total. The Bertz CT molecular complexity index is 511. The summed E-state index contributed by atoms with van der Waals surface area (Å²) in [6.45, 7) is 6.44. The Morgan fingerprint density at radius 2 is 2.30 bits per heavy atom. The smallest absolute Gasteiger partial charge is 0.243 e. The molecule has 2 rings (SSSR count). The van der Waals surface area contributed by atoms with Crippen molar-refractivity contribution in [3.8, 4) is 0 Å². The molecule has 1 aromatic rings. The van der Waals surface area contributed by atoms with E-state index in [9.17, 15) is 9.59 Å². The summed E-state index contributed by atoms with van der Waals surface area (Å²) in [7, 11) is 0. The Morgan fingerprint density at radius 1 is 1.55 bits per heavy atom. The minimum Gasteiger partial charge on any atom is -0.354 e.